The van der Waals surface area contributed by atoms with E-state index in [9.17, 15) is 13.2 Å². The van der Waals surface area contributed by atoms with Gasteiger partial charge in [-0.05, 0) is 22.0 Å². The molecule has 0 aliphatic heterocycles. The quantitative estimate of drug-likeness (QED) is 0.441. The smallest absolute Gasteiger partial charge is 0.166 e. The summed E-state index contributed by atoms with van der Waals surface area (Å²) in [5, 5.41) is 0. The summed E-state index contributed by atoms with van der Waals surface area (Å²) >= 11 is 1.30. The first-order valence-electron chi connectivity index (χ1n) is 1.01. The van der Waals surface area contributed by atoms with Crippen LogP contribution in [-0.4, -0.2) is 5.92 Å². The average Bonchev–Trinajstić information content (AvgIpc) is 1.35. The first kappa shape index (κ1) is 6.95. The van der Waals surface area contributed by atoms with Crippen molar-refractivity contribution in [1.29, 1.82) is 0 Å². The molecule has 0 amide bonds. The van der Waals surface area contributed by atoms with Gasteiger partial charge in [0.1, 0.15) is 0 Å². The molecule has 0 spiro atoms. The van der Waals surface area contributed by atoms with Gasteiger partial charge >= 0.3 is 5.92 Å². The molecule has 5 heteroatoms. The maximum atomic E-state index is 10.8. The monoisotopic (exact) mass is 228 g/mol. The Balaban J connectivity index is 3.17. The number of hydrogen-bond donors (Lipinski definition) is 0. The summed E-state index contributed by atoms with van der Waals surface area (Å²) in [5.41, 5.74) is 0. The molecule has 38 valence electrons. The van der Waals surface area contributed by atoms with Crippen LogP contribution in [0.15, 0.2) is 0 Å². The van der Waals surface area contributed by atoms with Gasteiger partial charge in [0.2, 0.25) is 0 Å². The second-order valence-corrected chi connectivity index (χ2v) is 2.97. The van der Waals surface area contributed by atoms with E-state index < -0.39 is 12.1 Å². The van der Waals surface area contributed by atoms with E-state index in [4.69, 9.17) is 0 Å². The second kappa shape index (κ2) is 2.31. The van der Waals surface area contributed by atoms with E-state index in [0.29, 0.717) is 0 Å². The minimum atomic E-state index is -3.94. The van der Waals surface area contributed by atoms with Gasteiger partial charge in [-0.2, -0.15) is 13.2 Å². The molecule has 0 aromatic heterocycles. The van der Waals surface area contributed by atoms with E-state index in [2.05, 4.69) is 0 Å². The van der Waals surface area contributed by atoms with Crippen LogP contribution >= 0.6 is 28.3 Å². The van der Waals surface area contributed by atoms with E-state index in [0.717, 1.165) is 0 Å². The van der Waals surface area contributed by atoms with E-state index >= 15 is 0 Å². The zero-order chi connectivity index (χ0) is 5.21. The number of alkyl halides is 3. The van der Waals surface area contributed by atoms with Crippen LogP contribution in [-0.2, 0) is 0 Å². The summed E-state index contributed by atoms with van der Waals surface area (Å²) in [4.78, 5) is 0. The molecule has 0 aliphatic rings. The fraction of sp³-hybridized carbons (Fsp3) is 1.00. The van der Waals surface area contributed by atoms with Crippen molar-refractivity contribution in [2.45, 2.75) is 5.92 Å². The topological polar surface area (TPSA) is 0 Å². The minimum Gasteiger partial charge on any atom is -0.166 e. The normalized spacial score (nSPS) is 14.0. The van der Waals surface area contributed by atoms with Crippen LogP contribution < -0.4 is 0 Å². The van der Waals surface area contributed by atoms with Crippen LogP contribution in [0.25, 0.3) is 0 Å². The molecule has 0 saturated heterocycles. The molecule has 0 saturated carbocycles. The molecular formula is CHF3IP. The molecule has 0 aromatic carbocycles. The van der Waals surface area contributed by atoms with Crippen LogP contribution in [0.1, 0.15) is 0 Å². The first-order chi connectivity index (χ1) is 2.56. The molecular weight excluding hydrogens is 227 g/mol. The number of rotatable bonds is 0. The third-order valence-corrected chi connectivity index (χ3v) is 2.16. The lowest BCUT2D eigenvalue weighted by Gasteiger charge is -1.95. The SMILES string of the molecule is FC(F)(F)PI. The maximum Gasteiger partial charge on any atom is 0.411 e. The average molecular weight is 228 g/mol. The highest BCUT2D eigenvalue weighted by Gasteiger charge is 2.24. The van der Waals surface area contributed by atoms with Gasteiger partial charge in [0, 0.05) is 0 Å². The van der Waals surface area contributed by atoms with E-state index in [1.807, 2.05) is 0 Å². The Bertz CT molecular complexity index is 40.5. The summed E-state index contributed by atoms with van der Waals surface area (Å²) in [5.74, 6) is -3.94. The lowest BCUT2D eigenvalue weighted by molar-refractivity contribution is -0.0346. The lowest BCUT2D eigenvalue weighted by atomic mass is 11.6. The summed E-state index contributed by atoms with van der Waals surface area (Å²) in [6, 6.07) is 0. The Hall–Kier alpha value is 0.950. The van der Waals surface area contributed by atoms with Gasteiger partial charge in [0.05, 0.1) is 6.22 Å². The molecule has 0 radical (unpaired) electrons. The Morgan fingerprint density at radius 1 is 1.33 bits per heavy atom. The molecule has 0 heterocycles. The van der Waals surface area contributed by atoms with Crippen LogP contribution in [0.5, 0.6) is 0 Å². The highest BCUT2D eigenvalue weighted by atomic mass is 127. The van der Waals surface area contributed by atoms with Gasteiger partial charge in [-0.3, -0.25) is 0 Å². The maximum absolute atomic E-state index is 10.8. The van der Waals surface area contributed by atoms with Gasteiger partial charge in [-0.25, -0.2) is 0 Å². The molecule has 0 aromatic rings. The van der Waals surface area contributed by atoms with E-state index in [1.54, 1.807) is 0 Å². The molecule has 0 N–H and O–H groups in total. The zero-order valence-electron chi connectivity index (χ0n) is 2.51. The number of hydrogen-bond acceptors (Lipinski definition) is 0. The lowest BCUT2D eigenvalue weighted by Crippen LogP contribution is -1.91. The molecule has 0 rings (SSSR count). The fourth-order valence-corrected chi connectivity index (χ4v) is 0. The predicted octanol–water partition coefficient (Wildman–Crippen LogP) is 2.53. The van der Waals surface area contributed by atoms with Gasteiger partial charge in [-0.1, -0.05) is 0 Å². The van der Waals surface area contributed by atoms with Gasteiger partial charge in [-0.15, -0.1) is 0 Å². The highest BCUT2D eigenvalue weighted by Crippen LogP contribution is 2.42. The Morgan fingerprint density at radius 2 is 1.50 bits per heavy atom. The molecule has 0 bridgehead atoms. The predicted molar refractivity (Wildman–Crippen MR) is 28.4 cm³/mol. The Labute approximate surface area is 47.8 Å². The molecule has 6 heavy (non-hydrogen) atoms. The van der Waals surface area contributed by atoms with Crippen molar-refractivity contribution in [3.63, 3.8) is 0 Å². The summed E-state index contributed by atoms with van der Waals surface area (Å²) in [7, 11) is 0. The highest BCUT2D eigenvalue weighted by molar-refractivity contribution is 14.2. The second-order valence-electron chi connectivity index (χ2n) is 0.592. The van der Waals surface area contributed by atoms with Crippen molar-refractivity contribution in [2.24, 2.45) is 0 Å². The van der Waals surface area contributed by atoms with Gasteiger partial charge in [0.25, 0.3) is 0 Å². The molecule has 0 fully saturated rings. The van der Waals surface area contributed by atoms with Crippen molar-refractivity contribution in [3.8, 4) is 0 Å². The van der Waals surface area contributed by atoms with Crippen molar-refractivity contribution in [2.75, 3.05) is 0 Å². The fourth-order valence-electron chi connectivity index (χ4n) is 0. The summed E-state index contributed by atoms with van der Waals surface area (Å²) in [6.07, 6.45) is -0.963. The molecule has 0 aliphatic carbocycles. The molecule has 0 nitrogen and oxygen atoms in total. The summed E-state index contributed by atoms with van der Waals surface area (Å²) in [6.45, 7) is 0. The molecule has 1 unspecified atom stereocenters. The van der Waals surface area contributed by atoms with Crippen LogP contribution in [0.4, 0.5) is 13.2 Å². The number of halogens is 4. The van der Waals surface area contributed by atoms with Crippen LogP contribution in [0.3, 0.4) is 0 Å². The van der Waals surface area contributed by atoms with Gasteiger partial charge < -0.3 is 0 Å². The molecule has 1 atom stereocenters. The van der Waals surface area contributed by atoms with Crippen molar-refractivity contribution in [3.05, 3.63) is 0 Å². The van der Waals surface area contributed by atoms with Crippen LogP contribution in [0.2, 0.25) is 0 Å². The standard InChI is InChI=1S/CHF3IP/c2-1(3,4)6-5/h6H. The van der Waals surface area contributed by atoms with Crippen molar-refractivity contribution in [1.82, 2.24) is 0 Å². The van der Waals surface area contributed by atoms with Gasteiger partial charge in [0.15, 0.2) is 0 Å². The largest absolute Gasteiger partial charge is 0.411 e. The third kappa shape index (κ3) is 4.95. The van der Waals surface area contributed by atoms with E-state index in [-0.39, 0.29) is 0 Å². The minimum absolute atomic E-state index is 0.963. The van der Waals surface area contributed by atoms with Crippen LogP contribution in [0, 0.1) is 0 Å². The van der Waals surface area contributed by atoms with E-state index in [1.165, 1.54) is 22.0 Å². The van der Waals surface area contributed by atoms with Crippen molar-refractivity contribution >= 4 is 28.3 Å². The third-order valence-electron chi connectivity index (χ3n) is 0.107. The van der Waals surface area contributed by atoms with Crippen molar-refractivity contribution < 1.29 is 13.2 Å². The first-order valence-corrected chi connectivity index (χ1v) is 5.12. The zero-order valence-corrected chi connectivity index (χ0v) is 5.67. The Morgan fingerprint density at radius 3 is 1.50 bits per heavy atom. The summed E-state index contributed by atoms with van der Waals surface area (Å²) < 4.78 is 32.4. The Kier molecular flexibility index (Phi) is 2.67.